The molecule has 0 radical (unpaired) electrons. The van der Waals surface area contributed by atoms with Crippen LogP contribution in [0, 0.1) is 0 Å². The highest BCUT2D eigenvalue weighted by Crippen LogP contribution is 2.27. The zero-order valence-corrected chi connectivity index (χ0v) is 17.5. The van der Waals surface area contributed by atoms with E-state index in [0.29, 0.717) is 29.4 Å². The number of nitrogens with one attached hydrogen (secondary N) is 1. The van der Waals surface area contributed by atoms with E-state index in [2.05, 4.69) is 21.2 Å². The minimum atomic E-state index is -1.26. The van der Waals surface area contributed by atoms with Crippen molar-refractivity contribution in [1.29, 1.82) is 0 Å². The van der Waals surface area contributed by atoms with Gasteiger partial charge in [-0.1, -0.05) is 18.2 Å². The van der Waals surface area contributed by atoms with Crippen LogP contribution in [0.25, 0.3) is 0 Å². The number of carbonyl (C=O) groups excluding carboxylic acids is 3. The van der Waals surface area contributed by atoms with Crippen molar-refractivity contribution in [3.8, 4) is 0 Å². The third-order valence-corrected chi connectivity index (χ3v) is 5.94. The summed E-state index contributed by atoms with van der Waals surface area (Å²) in [6, 6.07) is 5.20. The van der Waals surface area contributed by atoms with Crippen LogP contribution in [-0.2, 0) is 14.3 Å². The Morgan fingerprint density at radius 3 is 2.66 bits per heavy atom. The molecule has 4 atom stereocenters. The van der Waals surface area contributed by atoms with Gasteiger partial charge in [-0.3, -0.25) is 9.59 Å². The fourth-order valence-electron chi connectivity index (χ4n) is 3.70. The zero-order valence-electron chi connectivity index (χ0n) is 15.9. The predicted octanol–water partition coefficient (Wildman–Crippen LogP) is 0.763. The molecular weight excluding hydrogens is 444 g/mol. The summed E-state index contributed by atoms with van der Waals surface area (Å²) < 4.78 is 5.36. The Balaban J connectivity index is 1.80. The molecule has 3 rings (SSSR count). The highest BCUT2D eigenvalue weighted by atomic mass is 79.9. The summed E-state index contributed by atoms with van der Waals surface area (Å²) in [5, 5.41) is 23.2. The molecule has 1 aliphatic heterocycles. The molecule has 29 heavy (non-hydrogen) atoms. The maximum atomic E-state index is 13.0. The van der Waals surface area contributed by atoms with Gasteiger partial charge < -0.3 is 25.2 Å². The van der Waals surface area contributed by atoms with Gasteiger partial charge in [0.15, 0.2) is 0 Å². The summed E-state index contributed by atoms with van der Waals surface area (Å²) in [5.41, 5.74) is 0.613. The van der Waals surface area contributed by atoms with E-state index in [9.17, 15) is 24.6 Å². The molecule has 3 N–H and O–H groups in total. The van der Waals surface area contributed by atoms with Gasteiger partial charge in [0.1, 0.15) is 12.1 Å². The standard InChI is InChI=1S/C20H23BrN2O6/c1-29-20(28)15-7-4-8-23(15)19(27)11-9-14(17(25)16(24)10-11)22-18(26)12-5-2-3-6-13(12)21/h2-3,5-6,9,14-17,24-25H,4,7-8,10H2,1H3,(H,22,26)/t14-,15-,16-,17-/m1/s1. The van der Waals surface area contributed by atoms with Gasteiger partial charge in [0.2, 0.25) is 5.91 Å². The van der Waals surface area contributed by atoms with Gasteiger partial charge in [0.05, 0.1) is 24.8 Å². The Morgan fingerprint density at radius 1 is 1.24 bits per heavy atom. The number of hydrogen-bond donors (Lipinski definition) is 3. The molecule has 156 valence electrons. The fraction of sp³-hybridized carbons (Fsp3) is 0.450. The molecule has 1 heterocycles. The third kappa shape index (κ3) is 4.52. The van der Waals surface area contributed by atoms with Gasteiger partial charge in [-0.25, -0.2) is 4.79 Å². The molecule has 0 saturated carbocycles. The van der Waals surface area contributed by atoms with Gasteiger partial charge in [0, 0.05) is 23.0 Å². The smallest absolute Gasteiger partial charge is 0.328 e. The molecule has 2 aliphatic rings. The van der Waals surface area contributed by atoms with Crippen LogP contribution in [0.5, 0.6) is 0 Å². The lowest BCUT2D eigenvalue weighted by Gasteiger charge is -2.33. The van der Waals surface area contributed by atoms with Crippen molar-refractivity contribution < 1.29 is 29.3 Å². The van der Waals surface area contributed by atoms with Crippen LogP contribution in [0.1, 0.15) is 29.6 Å². The molecule has 0 aromatic heterocycles. The minimum absolute atomic E-state index is 0.0637. The van der Waals surface area contributed by atoms with Crippen molar-refractivity contribution in [2.45, 2.75) is 43.6 Å². The van der Waals surface area contributed by atoms with Gasteiger partial charge in [0.25, 0.3) is 5.91 Å². The molecule has 0 unspecified atom stereocenters. The topological polar surface area (TPSA) is 116 Å². The number of methoxy groups -OCH3 is 1. The van der Waals surface area contributed by atoms with Crippen molar-refractivity contribution in [2.75, 3.05) is 13.7 Å². The predicted molar refractivity (Wildman–Crippen MR) is 107 cm³/mol. The van der Waals surface area contributed by atoms with E-state index in [1.165, 1.54) is 18.1 Å². The number of benzene rings is 1. The molecule has 9 heteroatoms. The largest absolute Gasteiger partial charge is 0.467 e. The second-order valence-electron chi connectivity index (χ2n) is 7.11. The molecule has 2 amide bonds. The van der Waals surface area contributed by atoms with Crippen molar-refractivity contribution in [3.63, 3.8) is 0 Å². The first-order chi connectivity index (χ1) is 13.8. The second-order valence-corrected chi connectivity index (χ2v) is 7.97. The highest BCUT2D eigenvalue weighted by Gasteiger charge is 2.40. The normalized spacial score (nSPS) is 26.6. The maximum absolute atomic E-state index is 13.0. The molecule has 1 aromatic rings. The first kappa shape index (κ1) is 21.5. The number of rotatable bonds is 4. The van der Waals surface area contributed by atoms with Crippen LogP contribution < -0.4 is 5.32 Å². The third-order valence-electron chi connectivity index (χ3n) is 5.25. The molecule has 1 fully saturated rings. The minimum Gasteiger partial charge on any atom is -0.467 e. The van der Waals surface area contributed by atoms with Crippen molar-refractivity contribution >= 4 is 33.7 Å². The first-order valence-electron chi connectivity index (χ1n) is 9.34. The number of esters is 1. The number of likely N-dealkylation sites (tertiary alicyclic amines) is 1. The number of halogens is 1. The number of carbonyl (C=O) groups is 3. The van der Waals surface area contributed by atoms with Crippen LogP contribution in [-0.4, -0.2) is 70.8 Å². The van der Waals surface area contributed by atoms with E-state index in [4.69, 9.17) is 4.74 Å². The molecule has 0 bridgehead atoms. The number of nitrogens with zero attached hydrogens (tertiary/aromatic N) is 1. The first-order valence-corrected chi connectivity index (χ1v) is 10.1. The molecule has 1 aromatic carbocycles. The van der Waals surface area contributed by atoms with Crippen LogP contribution in [0.2, 0.25) is 0 Å². The lowest BCUT2D eigenvalue weighted by molar-refractivity contribution is -0.150. The van der Waals surface area contributed by atoms with E-state index >= 15 is 0 Å². The Bertz CT molecular complexity index is 842. The van der Waals surface area contributed by atoms with Crippen LogP contribution in [0.3, 0.4) is 0 Å². The quantitative estimate of drug-likeness (QED) is 0.564. The lowest BCUT2D eigenvalue weighted by Crippen LogP contribution is -2.51. The van der Waals surface area contributed by atoms with Gasteiger partial charge in [-0.05, 0) is 40.9 Å². The van der Waals surface area contributed by atoms with Crippen LogP contribution >= 0.6 is 15.9 Å². The average Bonchev–Trinajstić information content (AvgIpc) is 3.20. The number of ether oxygens (including phenoxy) is 1. The summed E-state index contributed by atoms with van der Waals surface area (Å²) in [6.45, 7) is 0.405. The SMILES string of the molecule is COC(=O)[C@H]1CCCN1C(=O)C1=C[C@@H](NC(=O)c2ccccc2Br)[C@@H](O)[C@H](O)C1. The molecule has 1 aliphatic carbocycles. The molecular formula is C20H23BrN2O6. The van der Waals surface area contributed by atoms with E-state index in [-0.39, 0.29) is 12.0 Å². The monoisotopic (exact) mass is 466 g/mol. The summed E-state index contributed by atoms with van der Waals surface area (Å²) in [5.74, 6) is -1.33. The van der Waals surface area contributed by atoms with Crippen LogP contribution in [0.4, 0.5) is 0 Å². The number of aliphatic hydroxyl groups is 2. The Hall–Kier alpha value is -2.23. The van der Waals surface area contributed by atoms with Crippen molar-refractivity contribution in [2.24, 2.45) is 0 Å². The maximum Gasteiger partial charge on any atom is 0.328 e. The van der Waals surface area contributed by atoms with E-state index in [0.717, 1.165) is 0 Å². The number of amides is 2. The molecule has 8 nitrogen and oxygen atoms in total. The fourth-order valence-corrected chi connectivity index (χ4v) is 4.17. The highest BCUT2D eigenvalue weighted by molar-refractivity contribution is 9.10. The van der Waals surface area contributed by atoms with E-state index < -0.39 is 42.1 Å². The Kier molecular flexibility index (Phi) is 6.71. The van der Waals surface area contributed by atoms with Crippen molar-refractivity contribution in [3.05, 3.63) is 46.0 Å². The molecule has 1 saturated heterocycles. The Labute approximate surface area is 176 Å². The zero-order chi connectivity index (χ0) is 21.1. The van der Waals surface area contributed by atoms with Crippen molar-refractivity contribution in [1.82, 2.24) is 10.2 Å². The lowest BCUT2D eigenvalue weighted by atomic mass is 9.89. The van der Waals surface area contributed by atoms with Gasteiger partial charge >= 0.3 is 5.97 Å². The van der Waals surface area contributed by atoms with Gasteiger partial charge in [-0.15, -0.1) is 0 Å². The molecule has 0 spiro atoms. The van der Waals surface area contributed by atoms with E-state index in [1.807, 2.05) is 0 Å². The summed E-state index contributed by atoms with van der Waals surface area (Å²) in [6.07, 6.45) is 0.105. The van der Waals surface area contributed by atoms with E-state index in [1.54, 1.807) is 24.3 Å². The van der Waals surface area contributed by atoms with Crippen LogP contribution in [0.15, 0.2) is 40.4 Å². The summed E-state index contributed by atoms with van der Waals surface area (Å²) in [4.78, 5) is 38.9. The average molecular weight is 467 g/mol. The number of hydrogen-bond acceptors (Lipinski definition) is 6. The second kappa shape index (κ2) is 9.06. The summed E-state index contributed by atoms with van der Waals surface area (Å²) in [7, 11) is 1.27. The Morgan fingerprint density at radius 2 is 1.97 bits per heavy atom. The summed E-state index contributed by atoms with van der Waals surface area (Å²) >= 11 is 3.30. The van der Waals surface area contributed by atoms with Gasteiger partial charge in [-0.2, -0.15) is 0 Å². The number of aliphatic hydroxyl groups excluding tert-OH is 2.